The normalized spacial score (nSPS) is 12.6. The lowest BCUT2D eigenvalue weighted by molar-refractivity contribution is 0.541. The number of nitrogens with one attached hydrogen (secondary N) is 1. The van der Waals surface area contributed by atoms with E-state index in [0.29, 0.717) is 0 Å². The quantitative estimate of drug-likeness (QED) is 0.849. The summed E-state index contributed by atoms with van der Waals surface area (Å²) in [6, 6.07) is 7.09. The van der Waals surface area contributed by atoms with Gasteiger partial charge in [0.05, 0.1) is 0 Å². The highest BCUT2D eigenvalue weighted by Crippen LogP contribution is 2.27. The van der Waals surface area contributed by atoms with Crippen molar-refractivity contribution in [3.63, 3.8) is 0 Å². The molecule has 1 aromatic heterocycles. The van der Waals surface area contributed by atoms with E-state index in [4.69, 9.17) is 0 Å². The average molecular weight is 328 g/mol. The van der Waals surface area contributed by atoms with E-state index in [1.807, 2.05) is 0 Å². The van der Waals surface area contributed by atoms with Gasteiger partial charge in [-0.15, -0.1) is 0 Å². The van der Waals surface area contributed by atoms with Crippen molar-refractivity contribution < 1.29 is 4.39 Å². The number of hydrogen-bond donors (Lipinski definition) is 1. The van der Waals surface area contributed by atoms with Gasteiger partial charge in [-0.05, 0) is 59.1 Å². The van der Waals surface area contributed by atoms with Gasteiger partial charge in [0, 0.05) is 10.5 Å². The Hall–Kier alpha value is -0.710. The molecule has 0 aliphatic heterocycles. The van der Waals surface area contributed by atoms with Crippen molar-refractivity contribution in [1.29, 1.82) is 0 Å². The summed E-state index contributed by atoms with van der Waals surface area (Å²) in [6.45, 7) is 2.92. The molecule has 0 radical (unpaired) electrons. The fourth-order valence-corrected chi connectivity index (χ4v) is 3.17. The lowest BCUT2D eigenvalue weighted by Crippen LogP contribution is -2.23. The van der Waals surface area contributed by atoms with Crippen LogP contribution < -0.4 is 5.32 Å². The van der Waals surface area contributed by atoms with E-state index in [1.165, 1.54) is 11.6 Å². The van der Waals surface area contributed by atoms with Gasteiger partial charge in [-0.2, -0.15) is 11.3 Å². The molecule has 0 saturated heterocycles. The minimum absolute atomic E-state index is 0.134. The highest BCUT2D eigenvalue weighted by atomic mass is 79.9. The van der Waals surface area contributed by atoms with E-state index in [-0.39, 0.29) is 11.9 Å². The molecule has 96 valence electrons. The summed E-state index contributed by atoms with van der Waals surface area (Å²) in [5.41, 5.74) is 2.25. The van der Waals surface area contributed by atoms with Crippen LogP contribution in [0.1, 0.15) is 24.1 Å². The number of likely N-dealkylation sites (N-methyl/N-ethyl adjacent to an activating group) is 1. The molecule has 0 saturated carbocycles. The van der Waals surface area contributed by atoms with Crippen molar-refractivity contribution in [3.8, 4) is 0 Å². The molecule has 1 unspecified atom stereocenters. The highest BCUT2D eigenvalue weighted by Gasteiger charge is 2.15. The van der Waals surface area contributed by atoms with Gasteiger partial charge >= 0.3 is 0 Å². The van der Waals surface area contributed by atoms with Gasteiger partial charge in [-0.1, -0.05) is 22.9 Å². The molecule has 2 rings (SSSR count). The van der Waals surface area contributed by atoms with E-state index in [1.54, 1.807) is 23.5 Å². The third-order valence-electron chi connectivity index (χ3n) is 2.80. The molecule has 1 N–H and O–H groups in total. The number of halogens is 2. The van der Waals surface area contributed by atoms with Crippen LogP contribution in [0.25, 0.3) is 0 Å². The van der Waals surface area contributed by atoms with E-state index in [0.717, 1.165) is 23.0 Å². The van der Waals surface area contributed by atoms with Crippen LogP contribution in [0.2, 0.25) is 0 Å². The fraction of sp³-hybridized carbons (Fsp3) is 0.286. The first-order valence-corrected chi connectivity index (χ1v) is 7.63. The van der Waals surface area contributed by atoms with Gasteiger partial charge in [0.15, 0.2) is 0 Å². The first-order valence-electron chi connectivity index (χ1n) is 5.90. The topological polar surface area (TPSA) is 12.0 Å². The molecule has 0 aliphatic carbocycles. The van der Waals surface area contributed by atoms with Crippen LogP contribution >= 0.6 is 27.3 Å². The molecule has 0 bridgehead atoms. The second-order valence-electron chi connectivity index (χ2n) is 4.11. The predicted octanol–water partition coefficient (Wildman–Crippen LogP) is 4.54. The third kappa shape index (κ3) is 3.40. The van der Waals surface area contributed by atoms with Gasteiger partial charge in [0.25, 0.3) is 0 Å². The summed E-state index contributed by atoms with van der Waals surface area (Å²) < 4.78 is 14.3. The van der Waals surface area contributed by atoms with Crippen molar-refractivity contribution >= 4 is 27.3 Å². The second kappa shape index (κ2) is 6.45. The molecule has 0 amide bonds. The molecule has 18 heavy (non-hydrogen) atoms. The minimum atomic E-state index is -0.193. The second-order valence-corrected chi connectivity index (χ2v) is 5.75. The van der Waals surface area contributed by atoms with E-state index >= 15 is 0 Å². The maximum absolute atomic E-state index is 13.4. The van der Waals surface area contributed by atoms with Crippen LogP contribution in [0.4, 0.5) is 4.39 Å². The average Bonchev–Trinajstić information content (AvgIpc) is 2.85. The number of hydrogen-bond acceptors (Lipinski definition) is 2. The summed E-state index contributed by atoms with van der Waals surface area (Å²) in [4.78, 5) is 0. The number of thiophene rings is 1. The predicted molar refractivity (Wildman–Crippen MR) is 78.5 cm³/mol. The van der Waals surface area contributed by atoms with E-state index in [9.17, 15) is 4.39 Å². The van der Waals surface area contributed by atoms with Gasteiger partial charge < -0.3 is 5.32 Å². The maximum atomic E-state index is 13.4. The SMILES string of the molecule is CCNC(Cc1ccsc1)c1cc(F)ccc1Br. The largest absolute Gasteiger partial charge is 0.310 e. The molecule has 2 aromatic rings. The Balaban J connectivity index is 2.26. The van der Waals surface area contributed by atoms with Gasteiger partial charge in [0.1, 0.15) is 5.82 Å². The minimum Gasteiger partial charge on any atom is -0.310 e. The molecular weight excluding hydrogens is 313 g/mol. The Morgan fingerprint density at radius 1 is 1.39 bits per heavy atom. The zero-order valence-electron chi connectivity index (χ0n) is 10.1. The Bertz CT molecular complexity index is 499. The summed E-state index contributed by atoms with van der Waals surface area (Å²) in [5, 5.41) is 7.62. The van der Waals surface area contributed by atoms with Crippen molar-refractivity contribution in [2.75, 3.05) is 6.54 Å². The third-order valence-corrected chi connectivity index (χ3v) is 4.26. The van der Waals surface area contributed by atoms with E-state index < -0.39 is 0 Å². The van der Waals surface area contributed by atoms with E-state index in [2.05, 4.69) is 45.0 Å². The Labute approximate surface area is 119 Å². The fourth-order valence-electron chi connectivity index (χ4n) is 1.96. The first kappa shape index (κ1) is 13.7. The van der Waals surface area contributed by atoms with Crippen molar-refractivity contribution in [1.82, 2.24) is 5.32 Å². The van der Waals surface area contributed by atoms with Crippen molar-refractivity contribution in [2.24, 2.45) is 0 Å². The van der Waals surface area contributed by atoms with Crippen LogP contribution in [0.5, 0.6) is 0 Å². The number of rotatable bonds is 5. The molecule has 1 atom stereocenters. The zero-order chi connectivity index (χ0) is 13.0. The summed E-state index contributed by atoms with van der Waals surface area (Å²) in [5.74, 6) is -0.193. The molecule has 1 aromatic carbocycles. The summed E-state index contributed by atoms with van der Waals surface area (Å²) >= 11 is 5.19. The Morgan fingerprint density at radius 3 is 2.89 bits per heavy atom. The van der Waals surface area contributed by atoms with Crippen LogP contribution in [0, 0.1) is 5.82 Å². The van der Waals surface area contributed by atoms with Crippen LogP contribution in [-0.4, -0.2) is 6.54 Å². The molecule has 0 fully saturated rings. The maximum Gasteiger partial charge on any atom is 0.123 e. The van der Waals surface area contributed by atoms with Gasteiger partial charge in [0.2, 0.25) is 0 Å². The molecule has 1 nitrogen and oxygen atoms in total. The number of benzene rings is 1. The monoisotopic (exact) mass is 327 g/mol. The lowest BCUT2D eigenvalue weighted by atomic mass is 10.0. The van der Waals surface area contributed by atoms with Crippen LogP contribution in [-0.2, 0) is 6.42 Å². The smallest absolute Gasteiger partial charge is 0.123 e. The summed E-state index contributed by atoms with van der Waals surface area (Å²) in [6.07, 6.45) is 0.874. The van der Waals surface area contributed by atoms with Crippen molar-refractivity contribution in [2.45, 2.75) is 19.4 Å². The Morgan fingerprint density at radius 2 is 2.22 bits per heavy atom. The van der Waals surface area contributed by atoms with Crippen molar-refractivity contribution in [3.05, 3.63) is 56.4 Å². The molecule has 0 aliphatic rings. The molecule has 0 spiro atoms. The molecule has 4 heteroatoms. The van der Waals surface area contributed by atoms with Crippen LogP contribution in [0.15, 0.2) is 39.5 Å². The summed E-state index contributed by atoms with van der Waals surface area (Å²) in [7, 11) is 0. The van der Waals surface area contributed by atoms with Gasteiger partial charge in [-0.25, -0.2) is 4.39 Å². The zero-order valence-corrected chi connectivity index (χ0v) is 12.5. The molecule has 1 heterocycles. The highest BCUT2D eigenvalue weighted by molar-refractivity contribution is 9.10. The lowest BCUT2D eigenvalue weighted by Gasteiger charge is -2.19. The van der Waals surface area contributed by atoms with Gasteiger partial charge in [-0.3, -0.25) is 0 Å². The standard InChI is InChI=1S/C14H15BrFNS/c1-2-17-14(7-10-5-6-18-9-10)12-8-11(16)3-4-13(12)15/h3-6,8-9,14,17H,2,7H2,1H3. The first-order chi connectivity index (χ1) is 8.70. The Kier molecular flexibility index (Phi) is 4.92. The molecular formula is C14H15BrFNS. The van der Waals surface area contributed by atoms with Crippen LogP contribution in [0.3, 0.4) is 0 Å².